The largest absolute Gasteiger partial charge is 0.462 e. The predicted molar refractivity (Wildman–Crippen MR) is 137 cm³/mol. The number of anilines is 1. The SMILES string of the molecule is CCOC(=O)c1c(NC(=O)CSc2nnc(-c3csc4c3CCC(C)C4)n2C)sc2c1CCC2. The molecule has 3 aromatic heterocycles. The van der Waals surface area contributed by atoms with Gasteiger partial charge in [-0.05, 0) is 62.5 Å². The van der Waals surface area contributed by atoms with Crippen molar-refractivity contribution in [1.82, 2.24) is 14.8 Å². The molecule has 1 atom stereocenters. The van der Waals surface area contributed by atoms with Crippen LogP contribution in [0.3, 0.4) is 0 Å². The van der Waals surface area contributed by atoms with E-state index >= 15 is 0 Å². The van der Waals surface area contributed by atoms with E-state index in [9.17, 15) is 9.59 Å². The van der Waals surface area contributed by atoms with Gasteiger partial charge >= 0.3 is 5.97 Å². The number of ether oxygens (including phenoxy) is 1. The molecule has 0 saturated carbocycles. The van der Waals surface area contributed by atoms with Gasteiger partial charge in [0.15, 0.2) is 11.0 Å². The van der Waals surface area contributed by atoms with E-state index in [0.717, 1.165) is 49.4 Å². The zero-order valence-electron chi connectivity index (χ0n) is 19.6. The van der Waals surface area contributed by atoms with Gasteiger partial charge in [-0.2, -0.15) is 0 Å². The fourth-order valence-corrected chi connectivity index (χ4v) is 7.99. The Kier molecular flexibility index (Phi) is 6.81. The third kappa shape index (κ3) is 4.43. The molecule has 3 aromatic rings. The molecule has 7 nitrogen and oxygen atoms in total. The highest BCUT2D eigenvalue weighted by Gasteiger charge is 2.28. The second kappa shape index (κ2) is 9.83. The zero-order valence-corrected chi connectivity index (χ0v) is 22.1. The maximum atomic E-state index is 12.8. The number of carbonyl (C=O) groups is 2. The first-order chi connectivity index (χ1) is 16.5. The Balaban J connectivity index is 1.27. The number of carbonyl (C=O) groups excluding carboxylic acids is 2. The maximum Gasteiger partial charge on any atom is 0.341 e. The van der Waals surface area contributed by atoms with E-state index in [2.05, 4.69) is 27.8 Å². The number of aromatic nitrogens is 3. The van der Waals surface area contributed by atoms with Crippen molar-refractivity contribution < 1.29 is 14.3 Å². The average molecular weight is 517 g/mol. The van der Waals surface area contributed by atoms with Gasteiger partial charge in [-0.25, -0.2) is 4.79 Å². The number of rotatable bonds is 7. The summed E-state index contributed by atoms with van der Waals surface area (Å²) in [5, 5.41) is 15.3. The predicted octanol–water partition coefficient (Wildman–Crippen LogP) is 5.13. The first kappa shape index (κ1) is 23.6. The molecule has 0 aliphatic heterocycles. The fraction of sp³-hybridized carbons (Fsp3) is 0.500. The van der Waals surface area contributed by atoms with Gasteiger partial charge in [0, 0.05) is 27.7 Å². The van der Waals surface area contributed by atoms with Crippen LogP contribution < -0.4 is 5.32 Å². The summed E-state index contributed by atoms with van der Waals surface area (Å²) in [6.45, 7) is 4.42. The van der Waals surface area contributed by atoms with E-state index in [1.165, 1.54) is 50.4 Å². The van der Waals surface area contributed by atoms with Gasteiger partial charge in [0.05, 0.1) is 17.9 Å². The molecular formula is C24H28N4O3S3. The summed E-state index contributed by atoms with van der Waals surface area (Å²) in [7, 11) is 1.95. The molecule has 0 saturated heterocycles. The highest BCUT2D eigenvalue weighted by atomic mass is 32.2. The van der Waals surface area contributed by atoms with Crippen molar-refractivity contribution in [3.63, 3.8) is 0 Å². The number of hydrogen-bond acceptors (Lipinski definition) is 8. The Morgan fingerprint density at radius 1 is 1.24 bits per heavy atom. The Morgan fingerprint density at radius 3 is 2.91 bits per heavy atom. The van der Waals surface area contributed by atoms with E-state index in [1.54, 1.807) is 6.92 Å². The molecule has 5 rings (SSSR count). The van der Waals surface area contributed by atoms with Gasteiger partial charge in [0.2, 0.25) is 5.91 Å². The van der Waals surface area contributed by atoms with Crippen LogP contribution in [0, 0.1) is 5.92 Å². The first-order valence-corrected chi connectivity index (χ1v) is 14.4. The van der Waals surface area contributed by atoms with E-state index in [1.807, 2.05) is 23.0 Å². The number of thiophene rings is 2. The van der Waals surface area contributed by atoms with Crippen molar-refractivity contribution in [1.29, 1.82) is 0 Å². The summed E-state index contributed by atoms with van der Waals surface area (Å²) in [6.07, 6.45) is 6.27. The third-order valence-corrected chi connectivity index (χ3v) is 9.74. The van der Waals surface area contributed by atoms with Gasteiger partial charge < -0.3 is 14.6 Å². The number of fused-ring (bicyclic) bond motifs is 2. The quantitative estimate of drug-likeness (QED) is 0.346. The summed E-state index contributed by atoms with van der Waals surface area (Å²) in [5.74, 6) is 1.26. The van der Waals surface area contributed by atoms with Crippen LogP contribution in [0.4, 0.5) is 5.00 Å². The van der Waals surface area contributed by atoms with Crippen LogP contribution in [0.2, 0.25) is 0 Å². The van der Waals surface area contributed by atoms with Crippen molar-refractivity contribution in [2.24, 2.45) is 13.0 Å². The Labute approximate surface area is 211 Å². The minimum Gasteiger partial charge on any atom is -0.462 e. The van der Waals surface area contributed by atoms with Crippen LogP contribution in [-0.4, -0.2) is 39.0 Å². The lowest BCUT2D eigenvalue weighted by molar-refractivity contribution is -0.113. The summed E-state index contributed by atoms with van der Waals surface area (Å²) < 4.78 is 7.23. The summed E-state index contributed by atoms with van der Waals surface area (Å²) in [5.41, 5.74) is 4.16. The molecule has 2 aliphatic carbocycles. The molecule has 0 aromatic carbocycles. The van der Waals surface area contributed by atoms with Crippen molar-refractivity contribution in [3.8, 4) is 11.4 Å². The summed E-state index contributed by atoms with van der Waals surface area (Å²) >= 11 is 4.67. The highest BCUT2D eigenvalue weighted by molar-refractivity contribution is 7.99. The fourth-order valence-electron chi connectivity index (χ4n) is 4.74. The van der Waals surface area contributed by atoms with E-state index < -0.39 is 0 Å². The first-order valence-electron chi connectivity index (χ1n) is 11.7. The molecule has 2 aliphatic rings. The van der Waals surface area contributed by atoms with Gasteiger partial charge in [-0.15, -0.1) is 32.9 Å². The Morgan fingerprint density at radius 2 is 2.09 bits per heavy atom. The lowest BCUT2D eigenvalue weighted by Crippen LogP contribution is -2.17. The van der Waals surface area contributed by atoms with Gasteiger partial charge in [-0.1, -0.05) is 18.7 Å². The van der Waals surface area contributed by atoms with Crippen LogP contribution >= 0.6 is 34.4 Å². The van der Waals surface area contributed by atoms with Gasteiger partial charge in [0.1, 0.15) is 5.00 Å². The number of nitrogens with zero attached hydrogens (tertiary/aromatic N) is 3. The van der Waals surface area contributed by atoms with Crippen LogP contribution in [0.25, 0.3) is 11.4 Å². The number of aryl methyl sites for hydroxylation is 1. The number of esters is 1. The third-order valence-electron chi connectivity index (χ3n) is 6.46. The molecule has 1 unspecified atom stereocenters. The van der Waals surface area contributed by atoms with Crippen LogP contribution in [0.5, 0.6) is 0 Å². The van der Waals surface area contributed by atoms with Crippen molar-refractivity contribution >= 4 is 51.3 Å². The molecule has 3 heterocycles. The maximum absolute atomic E-state index is 12.8. The standard InChI is InChI=1S/C24H28N4O3S3/c1-4-31-23(30)20-15-6-5-7-17(15)34-22(20)25-19(29)12-33-24-27-26-21(28(24)3)16-11-32-18-10-13(2)8-9-14(16)18/h11,13H,4-10,12H2,1-3H3,(H,25,29). The molecule has 10 heteroatoms. The molecule has 34 heavy (non-hydrogen) atoms. The summed E-state index contributed by atoms with van der Waals surface area (Å²) in [6, 6.07) is 0. The lowest BCUT2D eigenvalue weighted by atomic mass is 9.88. The van der Waals surface area contributed by atoms with E-state index in [0.29, 0.717) is 22.3 Å². The van der Waals surface area contributed by atoms with E-state index in [-0.39, 0.29) is 17.6 Å². The Bertz CT molecular complexity index is 1240. The number of amides is 1. The minimum absolute atomic E-state index is 0.165. The Hall–Kier alpha value is -2.17. The average Bonchev–Trinajstić information content (AvgIpc) is 3.56. The van der Waals surface area contributed by atoms with Crippen molar-refractivity contribution in [3.05, 3.63) is 31.8 Å². The van der Waals surface area contributed by atoms with Gasteiger partial charge in [0.25, 0.3) is 0 Å². The van der Waals surface area contributed by atoms with Crippen LogP contribution in [-0.2, 0) is 42.3 Å². The van der Waals surface area contributed by atoms with E-state index in [4.69, 9.17) is 4.74 Å². The van der Waals surface area contributed by atoms with Gasteiger partial charge in [-0.3, -0.25) is 4.79 Å². The molecular weight excluding hydrogens is 488 g/mol. The monoisotopic (exact) mass is 516 g/mol. The van der Waals surface area contributed by atoms with Crippen LogP contribution in [0.1, 0.15) is 57.9 Å². The number of thioether (sulfide) groups is 1. The lowest BCUT2D eigenvalue weighted by Gasteiger charge is -2.18. The highest BCUT2D eigenvalue weighted by Crippen LogP contribution is 2.40. The second-order valence-electron chi connectivity index (χ2n) is 8.88. The number of nitrogens with one attached hydrogen (secondary N) is 1. The minimum atomic E-state index is -0.351. The molecule has 0 bridgehead atoms. The normalized spacial score (nSPS) is 16.9. The van der Waals surface area contributed by atoms with Crippen molar-refractivity contribution in [2.75, 3.05) is 17.7 Å². The molecule has 0 fully saturated rings. The van der Waals surface area contributed by atoms with Crippen LogP contribution in [0.15, 0.2) is 10.5 Å². The smallest absolute Gasteiger partial charge is 0.341 e. The molecule has 0 radical (unpaired) electrons. The summed E-state index contributed by atoms with van der Waals surface area (Å²) in [4.78, 5) is 28.0. The molecule has 180 valence electrons. The topological polar surface area (TPSA) is 86.1 Å². The zero-order chi connectivity index (χ0) is 23.8. The van der Waals surface area contributed by atoms with Crippen molar-refractivity contribution in [2.45, 2.75) is 57.5 Å². The molecule has 1 amide bonds. The molecule has 1 N–H and O–H groups in total. The number of hydrogen-bond donors (Lipinski definition) is 1. The second-order valence-corrected chi connectivity index (χ2v) is 11.9. The molecule has 0 spiro atoms.